The molecule has 0 saturated heterocycles. The summed E-state index contributed by atoms with van der Waals surface area (Å²) in [5.41, 5.74) is 3.63. The van der Waals surface area contributed by atoms with Crippen LogP contribution in [0.4, 0.5) is 0 Å². The van der Waals surface area contributed by atoms with Crippen LogP contribution in [0.15, 0.2) is 59.6 Å². The fraction of sp³-hybridized carbons (Fsp3) is 0.133. The van der Waals surface area contributed by atoms with Gasteiger partial charge in [-0.05, 0) is 16.7 Å². The van der Waals surface area contributed by atoms with Crippen molar-refractivity contribution in [3.63, 3.8) is 0 Å². The van der Waals surface area contributed by atoms with E-state index in [1.165, 1.54) is 16.7 Å². The van der Waals surface area contributed by atoms with Crippen LogP contribution < -0.4 is 0 Å². The molecule has 0 aromatic heterocycles. The minimum Gasteiger partial charge on any atom is -0.471 e. The first kappa shape index (κ1) is 10.1. The van der Waals surface area contributed by atoms with Gasteiger partial charge in [0, 0.05) is 0 Å². The van der Waals surface area contributed by atoms with E-state index in [1.54, 1.807) is 0 Å². The van der Waals surface area contributed by atoms with E-state index >= 15 is 0 Å². The van der Waals surface area contributed by atoms with Gasteiger partial charge in [0.15, 0.2) is 0 Å². The molecule has 2 nitrogen and oxygen atoms in total. The second-order valence-corrected chi connectivity index (χ2v) is 4.04. The van der Waals surface area contributed by atoms with Gasteiger partial charge in [0.1, 0.15) is 12.6 Å². The van der Waals surface area contributed by atoms with Crippen LogP contribution in [0.3, 0.4) is 0 Å². The van der Waals surface area contributed by atoms with Gasteiger partial charge in [-0.2, -0.15) is 0 Å². The molecule has 1 aliphatic rings. The van der Waals surface area contributed by atoms with E-state index < -0.39 is 0 Å². The molecule has 0 N–H and O–H groups in total. The van der Waals surface area contributed by atoms with Crippen LogP contribution in [0, 0.1) is 0 Å². The fourth-order valence-corrected chi connectivity index (χ4v) is 1.95. The van der Waals surface area contributed by atoms with Gasteiger partial charge in [-0.1, -0.05) is 54.6 Å². The zero-order valence-electron chi connectivity index (χ0n) is 9.34. The lowest BCUT2D eigenvalue weighted by molar-refractivity contribution is 0.330. The van der Waals surface area contributed by atoms with Crippen LogP contribution in [-0.4, -0.2) is 13.0 Å². The highest BCUT2D eigenvalue weighted by molar-refractivity contribution is 5.63. The average Bonchev–Trinajstić information content (AvgIpc) is 2.94. The Kier molecular flexibility index (Phi) is 2.62. The largest absolute Gasteiger partial charge is 0.471 e. The van der Waals surface area contributed by atoms with Crippen LogP contribution in [0.25, 0.3) is 11.1 Å². The Bertz CT molecular complexity index is 516. The predicted octanol–water partition coefficient (Wildman–Crippen LogP) is 3.33. The maximum absolute atomic E-state index is 5.01. The maximum atomic E-state index is 5.01. The van der Waals surface area contributed by atoms with E-state index in [2.05, 4.69) is 47.8 Å². The third-order valence-corrected chi connectivity index (χ3v) is 2.92. The smallest absolute Gasteiger partial charge is 0.273 e. The lowest BCUT2D eigenvalue weighted by Gasteiger charge is -2.07. The van der Waals surface area contributed by atoms with E-state index in [4.69, 9.17) is 4.74 Å². The molecule has 1 radical (unpaired) electrons. The Morgan fingerprint density at radius 1 is 0.941 bits per heavy atom. The van der Waals surface area contributed by atoms with Crippen LogP contribution in [0.5, 0.6) is 0 Å². The molecule has 83 valence electrons. The Labute approximate surface area is 101 Å². The first-order chi connectivity index (χ1) is 8.43. The fourth-order valence-electron chi connectivity index (χ4n) is 1.95. The van der Waals surface area contributed by atoms with Gasteiger partial charge in [0.05, 0.1) is 0 Å². The quantitative estimate of drug-likeness (QED) is 0.763. The van der Waals surface area contributed by atoms with Gasteiger partial charge < -0.3 is 4.74 Å². The zero-order chi connectivity index (χ0) is 11.5. The Morgan fingerprint density at radius 2 is 1.65 bits per heavy atom. The molecule has 1 atom stereocenters. The standard InChI is InChI=1S/C15H12NO/c1-2-4-12(5-3-1)13-6-8-14(9-7-13)15-10-17-11-16-15/h1-9,15H,10H2. The summed E-state index contributed by atoms with van der Waals surface area (Å²) in [6.07, 6.45) is 2.54. The third-order valence-electron chi connectivity index (χ3n) is 2.92. The molecule has 0 amide bonds. The summed E-state index contributed by atoms with van der Waals surface area (Å²) < 4.78 is 5.01. The van der Waals surface area contributed by atoms with Gasteiger partial charge in [-0.25, -0.2) is 4.99 Å². The summed E-state index contributed by atoms with van der Waals surface area (Å²) in [6, 6.07) is 18.9. The minimum absolute atomic E-state index is 0.111. The minimum atomic E-state index is 0.111. The molecule has 0 bridgehead atoms. The molecule has 0 fully saturated rings. The predicted molar refractivity (Wildman–Crippen MR) is 68.0 cm³/mol. The molecule has 3 rings (SSSR count). The van der Waals surface area contributed by atoms with Crippen LogP contribution >= 0.6 is 0 Å². The molecule has 17 heavy (non-hydrogen) atoms. The summed E-state index contributed by atoms with van der Waals surface area (Å²) in [6.45, 7) is 0.602. The molecule has 0 aliphatic carbocycles. The molecule has 2 aromatic carbocycles. The second kappa shape index (κ2) is 4.42. The average molecular weight is 222 g/mol. The van der Waals surface area contributed by atoms with Crippen molar-refractivity contribution in [1.29, 1.82) is 0 Å². The summed E-state index contributed by atoms with van der Waals surface area (Å²) in [5.74, 6) is 0. The zero-order valence-corrected chi connectivity index (χ0v) is 9.34. The molecular weight excluding hydrogens is 210 g/mol. The van der Waals surface area contributed by atoms with Crippen molar-refractivity contribution >= 4 is 6.40 Å². The highest BCUT2D eigenvalue weighted by Gasteiger charge is 2.14. The van der Waals surface area contributed by atoms with Crippen LogP contribution in [0.2, 0.25) is 0 Å². The number of nitrogens with zero attached hydrogens (tertiary/aromatic N) is 1. The van der Waals surface area contributed by atoms with Crippen molar-refractivity contribution in [1.82, 2.24) is 0 Å². The van der Waals surface area contributed by atoms with E-state index in [0.717, 1.165) is 0 Å². The van der Waals surface area contributed by atoms with E-state index in [1.807, 2.05) is 18.2 Å². The lowest BCUT2D eigenvalue weighted by atomic mass is 10.0. The molecule has 0 spiro atoms. The van der Waals surface area contributed by atoms with Crippen LogP contribution in [-0.2, 0) is 4.74 Å². The van der Waals surface area contributed by atoms with Gasteiger partial charge in [0.2, 0.25) is 0 Å². The van der Waals surface area contributed by atoms with Gasteiger partial charge in [0.25, 0.3) is 6.40 Å². The Hall–Kier alpha value is -2.09. The molecule has 2 aromatic rings. The highest BCUT2D eigenvalue weighted by atomic mass is 16.5. The molecule has 2 heteroatoms. The number of hydrogen-bond acceptors (Lipinski definition) is 2. The number of ether oxygens (including phenoxy) is 1. The number of rotatable bonds is 2. The lowest BCUT2D eigenvalue weighted by Crippen LogP contribution is -1.96. The summed E-state index contributed by atoms with van der Waals surface area (Å²) in [7, 11) is 0. The van der Waals surface area contributed by atoms with E-state index in [9.17, 15) is 0 Å². The topological polar surface area (TPSA) is 21.6 Å². The Morgan fingerprint density at radius 3 is 2.29 bits per heavy atom. The molecule has 1 unspecified atom stereocenters. The molecular formula is C15H12NO. The highest BCUT2D eigenvalue weighted by Crippen LogP contribution is 2.24. The van der Waals surface area contributed by atoms with Gasteiger partial charge >= 0.3 is 0 Å². The summed E-state index contributed by atoms with van der Waals surface area (Å²) in [5, 5.41) is 0. The summed E-state index contributed by atoms with van der Waals surface area (Å²) in [4.78, 5) is 4.14. The first-order valence-corrected chi connectivity index (χ1v) is 5.65. The Balaban J connectivity index is 1.87. The van der Waals surface area contributed by atoms with Gasteiger partial charge in [-0.15, -0.1) is 0 Å². The second-order valence-electron chi connectivity index (χ2n) is 4.04. The number of benzene rings is 2. The normalized spacial score (nSPS) is 18.0. The number of hydrogen-bond donors (Lipinski definition) is 0. The monoisotopic (exact) mass is 222 g/mol. The summed E-state index contributed by atoms with van der Waals surface area (Å²) >= 11 is 0. The van der Waals surface area contributed by atoms with Crippen molar-refractivity contribution in [2.24, 2.45) is 4.99 Å². The first-order valence-electron chi connectivity index (χ1n) is 5.65. The molecule has 1 aliphatic heterocycles. The van der Waals surface area contributed by atoms with Crippen molar-refractivity contribution < 1.29 is 4.74 Å². The van der Waals surface area contributed by atoms with Gasteiger partial charge in [-0.3, -0.25) is 0 Å². The van der Waals surface area contributed by atoms with E-state index in [0.29, 0.717) is 6.61 Å². The molecule has 1 heterocycles. The van der Waals surface area contributed by atoms with E-state index in [-0.39, 0.29) is 6.04 Å². The maximum Gasteiger partial charge on any atom is 0.273 e. The van der Waals surface area contributed by atoms with Crippen molar-refractivity contribution in [3.8, 4) is 11.1 Å². The van der Waals surface area contributed by atoms with Crippen molar-refractivity contribution in [3.05, 3.63) is 60.2 Å². The number of aliphatic imine (C=N–C) groups is 1. The SMILES string of the molecule is [C]1=NC(c2ccc(-c3ccccc3)cc2)CO1. The van der Waals surface area contributed by atoms with Crippen LogP contribution in [0.1, 0.15) is 11.6 Å². The van der Waals surface area contributed by atoms with Crippen molar-refractivity contribution in [2.45, 2.75) is 6.04 Å². The van der Waals surface area contributed by atoms with Crippen molar-refractivity contribution in [2.75, 3.05) is 6.61 Å². The molecule has 0 saturated carbocycles. The third kappa shape index (κ3) is 2.07.